The summed E-state index contributed by atoms with van der Waals surface area (Å²) in [7, 11) is 0. The smallest absolute Gasteiger partial charge is 0.260 e. The molecule has 2 atom stereocenters. The molecule has 0 heterocycles. The summed E-state index contributed by atoms with van der Waals surface area (Å²) < 4.78 is 31.0. The predicted octanol–water partition coefficient (Wildman–Crippen LogP) is 2.27. The van der Waals surface area contributed by atoms with Gasteiger partial charge in [-0.1, -0.05) is 6.92 Å². The fraction of sp³-hybridized carbons (Fsp3) is 0.500. The molecule has 0 fully saturated rings. The summed E-state index contributed by atoms with van der Waals surface area (Å²) in [6, 6.07) is 3.31. The minimum absolute atomic E-state index is 0. The molecule has 1 amide bonds. The van der Waals surface area contributed by atoms with E-state index in [-0.39, 0.29) is 30.1 Å². The van der Waals surface area contributed by atoms with E-state index in [2.05, 4.69) is 10.6 Å². The summed E-state index contributed by atoms with van der Waals surface area (Å²) in [6.07, 6.45) is -0.784. The Kier molecular flexibility index (Phi) is 8.89. The van der Waals surface area contributed by atoms with Crippen LogP contribution < -0.4 is 15.4 Å². The topological polar surface area (TPSA) is 50.4 Å². The maximum Gasteiger partial charge on any atom is 0.260 e. The summed E-state index contributed by atoms with van der Waals surface area (Å²) in [5.74, 6) is -2.14. The monoisotopic (exact) mass is 322 g/mol. The van der Waals surface area contributed by atoms with Crippen LogP contribution in [0.25, 0.3) is 0 Å². The first-order chi connectivity index (χ1) is 9.43. The van der Waals surface area contributed by atoms with E-state index < -0.39 is 17.7 Å². The van der Waals surface area contributed by atoms with Gasteiger partial charge in [0, 0.05) is 18.7 Å². The van der Waals surface area contributed by atoms with Crippen LogP contribution in [0.3, 0.4) is 0 Å². The van der Waals surface area contributed by atoms with Crippen molar-refractivity contribution in [2.24, 2.45) is 0 Å². The molecule has 2 N–H and O–H groups in total. The highest BCUT2D eigenvalue weighted by atomic mass is 35.5. The lowest BCUT2D eigenvalue weighted by Crippen LogP contribution is -2.43. The third-order valence-electron chi connectivity index (χ3n) is 2.71. The van der Waals surface area contributed by atoms with Gasteiger partial charge in [-0.2, -0.15) is 0 Å². The van der Waals surface area contributed by atoms with Crippen molar-refractivity contribution in [3.8, 4) is 5.75 Å². The number of hydrogen-bond acceptors (Lipinski definition) is 3. The quantitative estimate of drug-likeness (QED) is 0.809. The molecule has 1 rings (SSSR count). The second-order valence-electron chi connectivity index (χ2n) is 4.54. The lowest BCUT2D eigenvalue weighted by molar-refractivity contribution is -0.127. The zero-order chi connectivity index (χ0) is 15.1. The van der Waals surface area contributed by atoms with E-state index in [1.807, 2.05) is 13.8 Å². The van der Waals surface area contributed by atoms with Crippen molar-refractivity contribution in [2.45, 2.75) is 32.9 Å². The summed E-state index contributed by atoms with van der Waals surface area (Å²) >= 11 is 0. The molecule has 0 saturated heterocycles. The molecule has 21 heavy (non-hydrogen) atoms. The summed E-state index contributed by atoms with van der Waals surface area (Å²) in [5.41, 5.74) is 0. The normalized spacial score (nSPS) is 13.0. The van der Waals surface area contributed by atoms with Gasteiger partial charge in [-0.3, -0.25) is 4.79 Å². The lowest BCUT2D eigenvalue weighted by atomic mass is 10.3. The van der Waals surface area contributed by atoms with E-state index in [1.165, 1.54) is 6.07 Å². The fourth-order valence-electron chi connectivity index (χ4n) is 1.63. The average Bonchev–Trinajstić information content (AvgIpc) is 2.40. The highest BCUT2D eigenvalue weighted by molar-refractivity contribution is 5.85. The standard InChI is InChI=1S/C14H20F2N2O2.ClH/c1-4-17-9(2)8-18-14(19)10(3)20-11-5-6-12(15)13(16)7-11;/h5-7,9-10,17H,4,8H2,1-3H3,(H,18,19);1H/t9-,10?;/m1./s1. The van der Waals surface area contributed by atoms with E-state index >= 15 is 0 Å². The molecule has 4 nitrogen and oxygen atoms in total. The first kappa shape index (κ1) is 19.6. The van der Waals surface area contributed by atoms with Gasteiger partial charge in [0.25, 0.3) is 5.91 Å². The number of rotatable bonds is 7. The number of carbonyl (C=O) groups is 1. The van der Waals surface area contributed by atoms with E-state index in [9.17, 15) is 13.6 Å². The van der Waals surface area contributed by atoms with Crippen molar-refractivity contribution in [3.63, 3.8) is 0 Å². The van der Waals surface area contributed by atoms with Crippen LogP contribution in [-0.2, 0) is 4.79 Å². The molecule has 0 bridgehead atoms. The number of likely N-dealkylation sites (N-methyl/N-ethyl adjacent to an activating group) is 1. The Morgan fingerprint density at radius 3 is 2.52 bits per heavy atom. The van der Waals surface area contributed by atoms with E-state index in [0.717, 1.165) is 18.7 Å². The van der Waals surface area contributed by atoms with Crippen LogP contribution in [0.2, 0.25) is 0 Å². The van der Waals surface area contributed by atoms with E-state index in [0.29, 0.717) is 6.54 Å². The Hall–Kier alpha value is -1.40. The SMILES string of the molecule is CCN[C@H](C)CNC(=O)C(C)Oc1ccc(F)c(F)c1.Cl. The largest absolute Gasteiger partial charge is 0.481 e. The van der Waals surface area contributed by atoms with E-state index in [4.69, 9.17) is 4.74 Å². The second-order valence-corrected chi connectivity index (χ2v) is 4.54. The number of hydrogen-bond donors (Lipinski definition) is 2. The van der Waals surface area contributed by atoms with Crippen LogP contribution in [0, 0.1) is 11.6 Å². The molecule has 0 aliphatic rings. The molecule has 0 aliphatic carbocycles. The van der Waals surface area contributed by atoms with Gasteiger partial charge in [0.2, 0.25) is 0 Å². The first-order valence-corrected chi connectivity index (χ1v) is 6.56. The highest BCUT2D eigenvalue weighted by Crippen LogP contribution is 2.16. The Bertz CT molecular complexity index is 461. The number of carbonyl (C=O) groups excluding carboxylic acids is 1. The Morgan fingerprint density at radius 2 is 1.95 bits per heavy atom. The third-order valence-corrected chi connectivity index (χ3v) is 2.71. The Morgan fingerprint density at radius 1 is 1.29 bits per heavy atom. The second kappa shape index (κ2) is 9.52. The minimum Gasteiger partial charge on any atom is -0.481 e. The Labute approximate surface area is 129 Å². The van der Waals surface area contributed by atoms with Crippen LogP contribution in [0.1, 0.15) is 20.8 Å². The highest BCUT2D eigenvalue weighted by Gasteiger charge is 2.16. The Balaban J connectivity index is 0.00000400. The molecular weight excluding hydrogens is 302 g/mol. The fourth-order valence-corrected chi connectivity index (χ4v) is 1.63. The zero-order valence-electron chi connectivity index (χ0n) is 12.3. The number of amides is 1. The summed E-state index contributed by atoms with van der Waals surface area (Å²) in [6.45, 7) is 6.77. The van der Waals surface area contributed by atoms with Gasteiger partial charge in [0.15, 0.2) is 17.7 Å². The lowest BCUT2D eigenvalue weighted by Gasteiger charge is -2.17. The van der Waals surface area contributed by atoms with Crippen molar-refractivity contribution >= 4 is 18.3 Å². The maximum atomic E-state index is 13.0. The van der Waals surface area contributed by atoms with Crippen LogP contribution >= 0.6 is 12.4 Å². The molecule has 1 unspecified atom stereocenters. The molecule has 7 heteroatoms. The molecule has 1 aromatic rings. The minimum atomic E-state index is -1.00. The van der Waals surface area contributed by atoms with Crippen molar-refractivity contribution in [1.82, 2.24) is 10.6 Å². The number of ether oxygens (including phenoxy) is 1. The molecule has 0 radical (unpaired) electrons. The molecule has 0 aromatic heterocycles. The van der Waals surface area contributed by atoms with Crippen LogP contribution in [0.15, 0.2) is 18.2 Å². The van der Waals surface area contributed by atoms with Crippen LogP contribution in [0.5, 0.6) is 5.75 Å². The number of halogens is 3. The number of nitrogens with one attached hydrogen (secondary N) is 2. The van der Waals surface area contributed by atoms with Gasteiger partial charge in [-0.15, -0.1) is 12.4 Å². The molecule has 120 valence electrons. The van der Waals surface area contributed by atoms with Crippen LogP contribution in [-0.4, -0.2) is 31.1 Å². The van der Waals surface area contributed by atoms with Crippen molar-refractivity contribution in [2.75, 3.05) is 13.1 Å². The molecule has 0 spiro atoms. The average molecular weight is 323 g/mol. The molecule has 0 saturated carbocycles. The van der Waals surface area contributed by atoms with Gasteiger partial charge >= 0.3 is 0 Å². The van der Waals surface area contributed by atoms with Gasteiger partial charge in [0.1, 0.15) is 5.75 Å². The predicted molar refractivity (Wildman–Crippen MR) is 79.8 cm³/mol. The van der Waals surface area contributed by atoms with Crippen molar-refractivity contribution in [1.29, 1.82) is 0 Å². The van der Waals surface area contributed by atoms with E-state index in [1.54, 1.807) is 6.92 Å². The van der Waals surface area contributed by atoms with Gasteiger partial charge in [-0.25, -0.2) is 8.78 Å². The summed E-state index contributed by atoms with van der Waals surface area (Å²) in [5, 5.41) is 5.88. The van der Waals surface area contributed by atoms with Crippen molar-refractivity contribution < 1.29 is 18.3 Å². The molecule has 1 aromatic carbocycles. The van der Waals surface area contributed by atoms with Gasteiger partial charge in [-0.05, 0) is 32.5 Å². The van der Waals surface area contributed by atoms with Crippen LogP contribution in [0.4, 0.5) is 8.78 Å². The van der Waals surface area contributed by atoms with Gasteiger partial charge < -0.3 is 15.4 Å². The molecule has 0 aliphatic heterocycles. The zero-order valence-corrected chi connectivity index (χ0v) is 13.1. The third kappa shape index (κ3) is 6.73. The molecular formula is C14H21ClF2N2O2. The number of benzene rings is 1. The van der Waals surface area contributed by atoms with Crippen molar-refractivity contribution in [3.05, 3.63) is 29.8 Å². The first-order valence-electron chi connectivity index (χ1n) is 6.56. The maximum absolute atomic E-state index is 13.0. The summed E-state index contributed by atoms with van der Waals surface area (Å²) in [4.78, 5) is 11.8. The van der Waals surface area contributed by atoms with Gasteiger partial charge in [0.05, 0.1) is 0 Å².